The third-order valence-electron chi connectivity index (χ3n) is 6.15. The SMILES string of the molecule is O=C(CCc1n[nH]c(=O)[nH]1)N1CC[C@]2(C(=O)Nc3ccccc32)[C@@H]1c1ccccc1. The van der Waals surface area contributed by atoms with Crippen LogP contribution in [0.2, 0.25) is 0 Å². The van der Waals surface area contributed by atoms with Gasteiger partial charge in [-0.05, 0) is 23.6 Å². The molecule has 1 fully saturated rings. The maximum absolute atomic E-state index is 13.3. The van der Waals surface area contributed by atoms with E-state index in [1.807, 2.05) is 59.5 Å². The second kappa shape index (κ2) is 6.98. The van der Waals surface area contributed by atoms with E-state index in [1.54, 1.807) is 0 Å². The Kier molecular flexibility index (Phi) is 4.27. The lowest BCUT2D eigenvalue weighted by Gasteiger charge is -2.34. The van der Waals surface area contributed by atoms with Gasteiger partial charge in [-0.3, -0.25) is 14.6 Å². The summed E-state index contributed by atoms with van der Waals surface area (Å²) in [6.07, 6.45) is 1.08. The maximum Gasteiger partial charge on any atom is 0.340 e. The van der Waals surface area contributed by atoms with E-state index in [0.717, 1.165) is 16.8 Å². The molecule has 1 spiro atoms. The smallest absolute Gasteiger partial charge is 0.334 e. The number of aromatic nitrogens is 3. The Balaban J connectivity index is 1.52. The van der Waals surface area contributed by atoms with Gasteiger partial charge in [0, 0.05) is 25.1 Å². The van der Waals surface area contributed by atoms with Crippen molar-refractivity contribution in [3.05, 3.63) is 82.0 Å². The van der Waals surface area contributed by atoms with Crippen LogP contribution in [-0.4, -0.2) is 38.4 Å². The van der Waals surface area contributed by atoms with Crippen molar-refractivity contribution >= 4 is 17.5 Å². The number of amides is 2. The van der Waals surface area contributed by atoms with Gasteiger partial charge in [-0.15, -0.1) is 0 Å². The van der Waals surface area contributed by atoms with Gasteiger partial charge in [-0.25, -0.2) is 9.89 Å². The zero-order chi connectivity index (χ0) is 20.7. The molecule has 3 heterocycles. The Morgan fingerprint density at radius 3 is 2.63 bits per heavy atom. The average molecular weight is 403 g/mol. The van der Waals surface area contributed by atoms with Crippen molar-refractivity contribution in [2.24, 2.45) is 0 Å². The second-order valence-corrected chi connectivity index (χ2v) is 7.75. The molecule has 1 saturated heterocycles. The van der Waals surface area contributed by atoms with Crippen LogP contribution in [0.15, 0.2) is 59.4 Å². The van der Waals surface area contributed by atoms with Crippen LogP contribution in [0, 0.1) is 0 Å². The molecule has 8 nitrogen and oxygen atoms in total. The summed E-state index contributed by atoms with van der Waals surface area (Å²) in [4.78, 5) is 42.1. The molecule has 2 amide bonds. The Hall–Kier alpha value is -3.68. The van der Waals surface area contributed by atoms with E-state index in [-0.39, 0.29) is 23.9 Å². The van der Waals surface area contributed by atoms with Crippen LogP contribution in [0.4, 0.5) is 5.69 Å². The quantitative estimate of drug-likeness (QED) is 0.618. The van der Waals surface area contributed by atoms with Crippen LogP contribution in [0.1, 0.15) is 35.8 Å². The fraction of sp³-hybridized carbons (Fsp3) is 0.273. The van der Waals surface area contributed by atoms with Gasteiger partial charge in [-0.1, -0.05) is 48.5 Å². The van der Waals surface area contributed by atoms with E-state index >= 15 is 0 Å². The molecule has 8 heteroatoms. The lowest BCUT2D eigenvalue weighted by atomic mass is 9.72. The fourth-order valence-electron chi connectivity index (χ4n) is 4.85. The van der Waals surface area contributed by atoms with Gasteiger partial charge >= 0.3 is 5.69 Å². The molecule has 5 rings (SSSR count). The number of rotatable bonds is 4. The van der Waals surface area contributed by atoms with Crippen molar-refractivity contribution in [2.75, 3.05) is 11.9 Å². The van der Waals surface area contributed by atoms with Crippen molar-refractivity contribution in [1.29, 1.82) is 0 Å². The first-order valence-electron chi connectivity index (χ1n) is 9.98. The number of hydrogen-bond donors (Lipinski definition) is 3. The molecule has 0 unspecified atom stereocenters. The molecule has 2 atom stereocenters. The Bertz CT molecular complexity index is 1170. The molecule has 30 heavy (non-hydrogen) atoms. The number of benzene rings is 2. The molecule has 0 radical (unpaired) electrons. The molecular formula is C22H21N5O3. The molecule has 152 valence electrons. The van der Waals surface area contributed by atoms with Crippen LogP contribution in [0.5, 0.6) is 0 Å². The first-order valence-corrected chi connectivity index (χ1v) is 9.98. The summed E-state index contributed by atoms with van der Waals surface area (Å²) in [5.41, 5.74) is 1.49. The highest BCUT2D eigenvalue weighted by molar-refractivity contribution is 6.07. The van der Waals surface area contributed by atoms with E-state index in [1.165, 1.54) is 0 Å². The zero-order valence-electron chi connectivity index (χ0n) is 16.2. The molecule has 0 bridgehead atoms. The Morgan fingerprint density at radius 2 is 1.87 bits per heavy atom. The number of anilines is 1. The first-order chi connectivity index (χ1) is 14.6. The first kappa shape index (κ1) is 18.4. The van der Waals surface area contributed by atoms with Crippen molar-refractivity contribution in [1.82, 2.24) is 20.1 Å². The molecule has 2 aliphatic rings. The summed E-state index contributed by atoms with van der Waals surface area (Å²) in [6.45, 7) is 0.483. The van der Waals surface area contributed by atoms with Gasteiger partial charge in [0.1, 0.15) is 11.2 Å². The number of H-pyrrole nitrogens is 2. The van der Waals surface area contributed by atoms with Gasteiger partial charge in [0.05, 0.1) is 6.04 Å². The van der Waals surface area contributed by atoms with Gasteiger partial charge in [0.15, 0.2) is 0 Å². The Morgan fingerprint density at radius 1 is 1.10 bits per heavy atom. The normalized spacial score (nSPS) is 22.3. The molecular weight excluding hydrogens is 382 g/mol. The monoisotopic (exact) mass is 403 g/mol. The van der Waals surface area contributed by atoms with E-state index in [2.05, 4.69) is 20.5 Å². The van der Waals surface area contributed by atoms with Crippen LogP contribution < -0.4 is 11.0 Å². The zero-order valence-corrected chi connectivity index (χ0v) is 16.2. The highest BCUT2D eigenvalue weighted by Gasteiger charge is 2.59. The molecule has 3 aromatic rings. The summed E-state index contributed by atoms with van der Waals surface area (Å²) in [5.74, 6) is 0.314. The fourth-order valence-corrected chi connectivity index (χ4v) is 4.85. The predicted octanol–water partition coefficient (Wildman–Crippen LogP) is 1.89. The standard InChI is InChI=1S/C22H21N5O3/c28-18(11-10-17-24-21(30)26-25-17)27-13-12-22(19(27)14-6-2-1-3-7-14)15-8-4-5-9-16(15)23-20(22)29/h1-9,19H,10-13H2,(H,23,29)(H2,24,25,26,30)/t19-,22+/m0/s1. The molecule has 2 aliphatic heterocycles. The number of aryl methyl sites for hydroxylation is 1. The number of para-hydroxylation sites is 1. The van der Waals surface area contributed by atoms with Gasteiger partial charge in [0.2, 0.25) is 11.8 Å². The number of aromatic amines is 2. The van der Waals surface area contributed by atoms with E-state index in [4.69, 9.17) is 0 Å². The number of hydrogen-bond acceptors (Lipinski definition) is 4. The third-order valence-corrected chi connectivity index (χ3v) is 6.15. The second-order valence-electron chi connectivity index (χ2n) is 7.75. The van der Waals surface area contributed by atoms with Crippen molar-refractivity contribution in [3.8, 4) is 0 Å². The van der Waals surface area contributed by atoms with Crippen molar-refractivity contribution in [2.45, 2.75) is 30.7 Å². The molecule has 0 saturated carbocycles. The highest BCUT2D eigenvalue weighted by atomic mass is 16.2. The number of nitrogens with zero attached hydrogens (tertiary/aromatic N) is 2. The van der Waals surface area contributed by atoms with Gasteiger partial charge in [-0.2, -0.15) is 5.10 Å². The summed E-state index contributed by atoms with van der Waals surface area (Å²) in [5, 5.41) is 9.21. The minimum Gasteiger partial charge on any atom is -0.334 e. The number of carbonyl (C=O) groups is 2. The number of fused-ring (bicyclic) bond motifs is 2. The molecule has 1 aromatic heterocycles. The van der Waals surface area contributed by atoms with Crippen molar-refractivity contribution in [3.63, 3.8) is 0 Å². The minimum atomic E-state index is -0.811. The van der Waals surface area contributed by atoms with Gasteiger partial charge in [0.25, 0.3) is 0 Å². The summed E-state index contributed by atoms with van der Waals surface area (Å²) < 4.78 is 0. The lowest BCUT2D eigenvalue weighted by molar-refractivity contribution is -0.133. The number of nitrogens with one attached hydrogen (secondary N) is 3. The van der Waals surface area contributed by atoms with Crippen LogP contribution >= 0.6 is 0 Å². The lowest BCUT2D eigenvalue weighted by Crippen LogP contribution is -2.42. The number of likely N-dealkylation sites (tertiary alicyclic amines) is 1. The van der Waals surface area contributed by atoms with Crippen LogP contribution in [0.3, 0.4) is 0 Å². The van der Waals surface area contributed by atoms with E-state index in [9.17, 15) is 14.4 Å². The molecule has 3 N–H and O–H groups in total. The van der Waals surface area contributed by atoms with Crippen molar-refractivity contribution < 1.29 is 9.59 Å². The molecule has 0 aliphatic carbocycles. The molecule has 2 aromatic carbocycles. The van der Waals surface area contributed by atoms with Crippen LogP contribution in [0.25, 0.3) is 0 Å². The van der Waals surface area contributed by atoms with Crippen LogP contribution in [-0.2, 0) is 21.4 Å². The topological polar surface area (TPSA) is 111 Å². The predicted molar refractivity (Wildman–Crippen MR) is 110 cm³/mol. The maximum atomic E-state index is 13.3. The van der Waals surface area contributed by atoms with E-state index in [0.29, 0.717) is 25.2 Å². The van der Waals surface area contributed by atoms with E-state index < -0.39 is 11.5 Å². The van der Waals surface area contributed by atoms with Gasteiger partial charge < -0.3 is 10.2 Å². The minimum absolute atomic E-state index is 0.0653. The largest absolute Gasteiger partial charge is 0.340 e. The number of carbonyl (C=O) groups excluding carboxylic acids is 2. The summed E-state index contributed by atoms with van der Waals surface area (Å²) in [7, 11) is 0. The Labute approximate surface area is 172 Å². The highest BCUT2D eigenvalue weighted by Crippen LogP contribution is 2.54. The third kappa shape index (κ3) is 2.75. The summed E-state index contributed by atoms with van der Waals surface area (Å²) in [6, 6.07) is 17.0. The summed E-state index contributed by atoms with van der Waals surface area (Å²) >= 11 is 0. The average Bonchev–Trinajstić information content (AvgIpc) is 3.44.